The molecule has 0 aromatic heterocycles. The highest BCUT2D eigenvalue weighted by Gasteiger charge is 2.20. The van der Waals surface area contributed by atoms with Gasteiger partial charge in [-0.1, -0.05) is 24.3 Å². The normalized spacial score (nSPS) is 22.8. The van der Waals surface area contributed by atoms with Gasteiger partial charge in [0.15, 0.2) is 0 Å². The van der Waals surface area contributed by atoms with Crippen LogP contribution < -0.4 is 5.32 Å². The van der Waals surface area contributed by atoms with Crippen LogP contribution >= 0.6 is 0 Å². The zero-order valence-electron chi connectivity index (χ0n) is 13.5. The number of rotatable bonds is 4. The van der Waals surface area contributed by atoms with Crippen LogP contribution in [-0.4, -0.2) is 30.1 Å². The summed E-state index contributed by atoms with van der Waals surface area (Å²) < 4.78 is 0. The van der Waals surface area contributed by atoms with Crippen LogP contribution in [-0.2, 0) is 0 Å². The molecule has 0 saturated carbocycles. The van der Waals surface area contributed by atoms with Gasteiger partial charge in [-0.3, -0.25) is 0 Å². The monoisotopic (exact) mass is 274 g/mol. The van der Waals surface area contributed by atoms with Crippen LogP contribution in [0.5, 0.6) is 0 Å². The quantitative estimate of drug-likeness (QED) is 0.895. The van der Waals surface area contributed by atoms with E-state index in [4.69, 9.17) is 0 Å². The average Bonchev–Trinajstić information content (AvgIpc) is 2.65. The number of nitrogens with one attached hydrogen (secondary N) is 1. The van der Waals surface area contributed by atoms with E-state index in [2.05, 4.69) is 62.2 Å². The van der Waals surface area contributed by atoms with Gasteiger partial charge in [0.25, 0.3) is 0 Å². The Morgan fingerprint density at radius 2 is 1.85 bits per heavy atom. The van der Waals surface area contributed by atoms with Crippen molar-refractivity contribution >= 4 is 0 Å². The van der Waals surface area contributed by atoms with Gasteiger partial charge in [0.1, 0.15) is 0 Å². The number of benzene rings is 1. The van der Waals surface area contributed by atoms with E-state index in [-0.39, 0.29) is 0 Å². The molecule has 1 aliphatic rings. The highest BCUT2D eigenvalue weighted by atomic mass is 15.1. The Kier molecular flexibility index (Phi) is 5.62. The molecule has 1 N–H and O–H groups in total. The summed E-state index contributed by atoms with van der Waals surface area (Å²) in [5.74, 6) is 0. The van der Waals surface area contributed by atoms with E-state index in [9.17, 15) is 0 Å². The minimum Gasteiger partial charge on any atom is -0.307 e. The van der Waals surface area contributed by atoms with Crippen LogP contribution in [0, 0.1) is 6.92 Å². The molecule has 2 heteroatoms. The predicted molar refractivity (Wildman–Crippen MR) is 87.1 cm³/mol. The van der Waals surface area contributed by atoms with Crippen LogP contribution in [0.1, 0.15) is 57.2 Å². The lowest BCUT2D eigenvalue weighted by atomic mass is 10.0. The molecule has 0 spiro atoms. The molecule has 1 aromatic rings. The van der Waals surface area contributed by atoms with Crippen molar-refractivity contribution in [3.05, 3.63) is 35.4 Å². The molecule has 2 rings (SSSR count). The SMILES string of the molecule is Cc1ccccc1[C@@H](C)NC1CCCN(C(C)C)CC1. The van der Waals surface area contributed by atoms with Gasteiger partial charge >= 0.3 is 0 Å². The molecule has 0 aliphatic carbocycles. The third-order valence-electron chi connectivity index (χ3n) is 4.63. The van der Waals surface area contributed by atoms with Crippen molar-refractivity contribution < 1.29 is 0 Å². The molecule has 1 unspecified atom stereocenters. The lowest BCUT2D eigenvalue weighted by Gasteiger charge is -2.25. The van der Waals surface area contributed by atoms with Gasteiger partial charge in [0, 0.05) is 18.1 Å². The molecule has 1 heterocycles. The van der Waals surface area contributed by atoms with Crippen molar-refractivity contribution in [2.45, 2.75) is 65.1 Å². The molecule has 112 valence electrons. The van der Waals surface area contributed by atoms with Gasteiger partial charge in [-0.15, -0.1) is 0 Å². The molecule has 20 heavy (non-hydrogen) atoms. The highest BCUT2D eigenvalue weighted by Crippen LogP contribution is 2.20. The second-order valence-corrected chi connectivity index (χ2v) is 6.50. The summed E-state index contributed by atoms with van der Waals surface area (Å²) in [5, 5.41) is 3.85. The van der Waals surface area contributed by atoms with Crippen molar-refractivity contribution in [2.75, 3.05) is 13.1 Å². The Balaban J connectivity index is 1.92. The summed E-state index contributed by atoms with van der Waals surface area (Å²) in [6, 6.07) is 10.5. The topological polar surface area (TPSA) is 15.3 Å². The van der Waals surface area contributed by atoms with E-state index in [1.54, 1.807) is 0 Å². The minimum absolute atomic E-state index is 0.451. The van der Waals surface area contributed by atoms with E-state index in [0.717, 1.165) is 0 Å². The number of hydrogen-bond donors (Lipinski definition) is 1. The summed E-state index contributed by atoms with van der Waals surface area (Å²) in [6.45, 7) is 11.6. The second-order valence-electron chi connectivity index (χ2n) is 6.50. The molecule has 0 amide bonds. The fourth-order valence-electron chi connectivity index (χ4n) is 3.32. The molecule has 0 bridgehead atoms. The van der Waals surface area contributed by atoms with Crippen LogP contribution in [0.2, 0.25) is 0 Å². The van der Waals surface area contributed by atoms with E-state index >= 15 is 0 Å². The van der Waals surface area contributed by atoms with Gasteiger partial charge in [-0.05, 0) is 71.2 Å². The standard InChI is InChI=1S/C18H30N2/c1-14(2)20-12-7-9-17(11-13-20)19-16(4)18-10-6-5-8-15(18)3/h5-6,8,10,14,16-17,19H,7,9,11-13H2,1-4H3/t16-,17?/m1/s1. The summed E-state index contributed by atoms with van der Waals surface area (Å²) in [6.07, 6.45) is 3.89. The van der Waals surface area contributed by atoms with Crippen LogP contribution in [0.3, 0.4) is 0 Å². The Labute approximate surface area is 124 Å². The maximum absolute atomic E-state index is 3.85. The number of nitrogens with zero attached hydrogens (tertiary/aromatic N) is 1. The molecule has 1 fully saturated rings. The van der Waals surface area contributed by atoms with Crippen LogP contribution in [0.4, 0.5) is 0 Å². The lowest BCUT2D eigenvalue weighted by Crippen LogP contribution is -2.35. The van der Waals surface area contributed by atoms with Crippen LogP contribution in [0.25, 0.3) is 0 Å². The fraction of sp³-hybridized carbons (Fsp3) is 0.667. The van der Waals surface area contributed by atoms with Crippen molar-refractivity contribution in [1.82, 2.24) is 10.2 Å². The van der Waals surface area contributed by atoms with Crippen molar-refractivity contribution in [1.29, 1.82) is 0 Å². The Hall–Kier alpha value is -0.860. The predicted octanol–water partition coefficient (Wildman–Crippen LogP) is 3.91. The number of hydrogen-bond acceptors (Lipinski definition) is 2. The first-order valence-electron chi connectivity index (χ1n) is 8.13. The van der Waals surface area contributed by atoms with E-state index in [1.807, 2.05) is 0 Å². The largest absolute Gasteiger partial charge is 0.307 e. The molecule has 1 saturated heterocycles. The molecule has 1 aliphatic heterocycles. The first-order valence-corrected chi connectivity index (χ1v) is 8.13. The minimum atomic E-state index is 0.451. The molecular weight excluding hydrogens is 244 g/mol. The van der Waals surface area contributed by atoms with Gasteiger partial charge in [0.05, 0.1) is 0 Å². The maximum Gasteiger partial charge on any atom is 0.0296 e. The summed E-state index contributed by atoms with van der Waals surface area (Å²) in [7, 11) is 0. The van der Waals surface area contributed by atoms with E-state index in [1.165, 1.54) is 43.5 Å². The number of aryl methyl sites for hydroxylation is 1. The smallest absolute Gasteiger partial charge is 0.0296 e. The zero-order valence-corrected chi connectivity index (χ0v) is 13.5. The summed E-state index contributed by atoms with van der Waals surface area (Å²) in [4.78, 5) is 2.61. The zero-order chi connectivity index (χ0) is 14.5. The lowest BCUT2D eigenvalue weighted by molar-refractivity contribution is 0.228. The highest BCUT2D eigenvalue weighted by molar-refractivity contribution is 5.28. The van der Waals surface area contributed by atoms with Gasteiger partial charge < -0.3 is 10.2 Å². The Morgan fingerprint density at radius 3 is 2.55 bits per heavy atom. The first-order chi connectivity index (χ1) is 9.58. The number of likely N-dealkylation sites (tertiary alicyclic amines) is 1. The molecule has 2 atom stereocenters. The second kappa shape index (κ2) is 7.24. The third-order valence-corrected chi connectivity index (χ3v) is 4.63. The Bertz CT molecular complexity index is 414. The van der Waals surface area contributed by atoms with Gasteiger partial charge in [-0.2, -0.15) is 0 Å². The fourth-order valence-corrected chi connectivity index (χ4v) is 3.32. The van der Waals surface area contributed by atoms with E-state index < -0.39 is 0 Å². The van der Waals surface area contributed by atoms with Crippen LogP contribution in [0.15, 0.2) is 24.3 Å². The third kappa shape index (κ3) is 4.07. The Morgan fingerprint density at radius 1 is 1.10 bits per heavy atom. The summed E-state index contributed by atoms with van der Waals surface area (Å²) in [5.41, 5.74) is 2.84. The van der Waals surface area contributed by atoms with Crippen molar-refractivity contribution in [2.24, 2.45) is 0 Å². The van der Waals surface area contributed by atoms with Crippen molar-refractivity contribution in [3.8, 4) is 0 Å². The van der Waals surface area contributed by atoms with E-state index in [0.29, 0.717) is 18.1 Å². The van der Waals surface area contributed by atoms with Gasteiger partial charge in [0.2, 0.25) is 0 Å². The van der Waals surface area contributed by atoms with Crippen molar-refractivity contribution in [3.63, 3.8) is 0 Å². The molecule has 1 aromatic carbocycles. The molecule has 0 radical (unpaired) electrons. The molecule has 2 nitrogen and oxygen atoms in total. The first kappa shape index (κ1) is 15.5. The maximum atomic E-state index is 3.85. The van der Waals surface area contributed by atoms with Gasteiger partial charge in [-0.25, -0.2) is 0 Å². The summed E-state index contributed by atoms with van der Waals surface area (Å²) >= 11 is 0. The average molecular weight is 274 g/mol. The molecular formula is C18H30N2.